The molecule has 212 valence electrons. The average molecular weight is 570 g/mol. The van der Waals surface area contributed by atoms with Crippen molar-refractivity contribution in [3.8, 4) is 22.6 Å². The van der Waals surface area contributed by atoms with Crippen LogP contribution in [0.15, 0.2) is 119 Å². The van der Waals surface area contributed by atoms with E-state index >= 15 is 0 Å². The van der Waals surface area contributed by atoms with Crippen LogP contribution in [0.4, 0.5) is 0 Å². The zero-order valence-corrected chi connectivity index (χ0v) is 24.8. The molecule has 2 aromatic heterocycles. The molecule has 6 aromatic rings. The van der Waals surface area contributed by atoms with E-state index in [-0.39, 0.29) is 5.41 Å². The lowest BCUT2D eigenvalue weighted by Gasteiger charge is -2.25. The molecule has 0 unspecified atom stereocenters. The van der Waals surface area contributed by atoms with E-state index in [0.29, 0.717) is 5.89 Å². The first-order chi connectivity index (χ1) is 21.6. The summed E-state index contributed by atoms with van der Waals surface area (Å²) in [6, 6.07) is 25.9. The van der Waals surface area contributed by atoms with Gasteiger partial charge in [-0.2, -0.15) is 0 Å². The van der Waals surface area contributed by atoms with Crippen LogP contribution < -0.4 is 5.32 Å². The molecular formula is C40H31N3O. The third-order valence-corrected chi connectivity index (χ3v) is 9.65. The first-order valence-electron chi connectivity index (χ1n) is 15.4. The summed E-state index contributed by atoms with van der Waals surface area (Å²) in [4.78, 5) is 9.98. The monoisotopic (exact) mass is 569 g/mol. The number of aromatic nitrogens is 2. The Bertz CT molecular complexity index is 2260. The third-order valence-electron chi connectivity index (χ3n) is 9.65. The molecule has 1 N–H and O–H groups in total. The zero-order chi connectivity index (χ0) is 29.4. The number of oxazole rings is 1. The van der Waals surface area contributed by atoms with Gasteiger partial charge in [0.25, 0.3) is 0 Å². The molecule has 3 heterocycles. The predicted octanol–water partition coefficient (Wildman–Crippen LogP) is 9.76. The number of hydrogen-bond acceptors (Lipinski definition) is 4. The Morgan fingerprint density at radius 1 is 0.841 bits per heavy atom. The summed E-state index contributed by atoms with van der Waals surface area (Å²) < 4.78 is 6.50. The number of allylic oxidation sites excluding steroid dienone is 6. The quantitative estimate of drug-likeness (QED) is 0.216. The molecule has 0 bridgehead atoms. The summed E-state index contributed by atoms with van der Waals surface area (Å²) in [6.07, 6.45) is 15.1. The summed E-state index contributed by atoms with van der Waals surface area (Å²) in [5, 5.41) is 8.09. The van der Waals surface area contributed by atoms with E-state index in [2.05, 4.69) is 98.1 Å². The van der Waals surface area contributed by atoms with Crippen LogP contribution in [-0.4, -0.2) is 16.5 Å². The van der Waals surface area contributed by atoms with Gasteiger partial charge in [0.1, 0.15) is 5.52 Å². The molecule has 0 amide bonds. The van der Waals surface area contributed by atoms with Crippen LogP contribution in [0, 0.1) is 0 Å². The van der Waals surface area contributed by atoms with Crippen molar-refractivity contribution in [2.24, 2.45) is 0 Å². The molecule has 0 saturated heterocycles. The van der Waals surface area contributed by atoms with E-state index in [1.54, 1.807) is 0 Å². The Morgan fingerprint density at radius 3 is 2.45 bits per heavy atom. The smallest absolute Gasteiger partial charge is 0.228 e. The van der Waals surface area contributed by atoms with Crippen LogP contribution in [-0.2, 0) is 5.41 Å². The maximum atomic E-state index is 6.50. The lowest BCUT2D eigenvalue weighted by molar-refractivity contribution is 0.621. The first-order valence-corrected chi connectivity index (χ1v) is 15.4. The van der Waals surface area contributed by atoms with Gasteiger partial charge in [-0.1, -0.05) is 80.6 Å². The van der Waals surface area contributed by atoms with Crippen LogP contribution in [0.1, 0.15) is 43.5 Å². The number of fused-ring (bicyclic) bond motifs is 5. The lowest BCUT2D eigenvalue weighted by Crippen LogP contribution is -2.16. The number of para-hydroxylation sites is 2. The van der Waals surface area contributed by atoms with Crippen molar-refractivity contribution in [2.45, 2.75) is 32.1 Å². The second kappa shape index (κ2) is 9.39. The molecular weight excluding hydrogens is 538 g/mol. The summed E-state index contributed by atoms with van der Waals surface area (Å²) >= 11 is 0. The van der Waals surface area contributed by atoms with Crippen molar-refractivity contribution >= 4 is 43.9 Å². The largest absolute Gasteiger partial charge is 0.436 e. The van der Waals surface area contributed by atoms with Gasteiger partial charge in [-0.05, 0) is 98.6 Å². The van der Waals surface area contributed by atoms with Gasteiger partial charge in [-0.25, -0.2) is 4.98 Å². The van der Waals surface area contributed by atoms with Crippen LogP contribution in [0.25, 0.3) is 66.5 Å². The molecule has 3 aliphatic rings. The molecule has 44 heavy (non-hydrogen) atoms. The minimum Gasteiger partial charge on any atom is -0.436 e. The van der Waals surface area contributed by atoms with E-state index in [1.807, 2.05) is 30.5 Å². The number of nitrogens with zero attached hydrogens (tertiary/aromatic N) is 2. The predicted molar refractivity (Wildman–Crippen MR) is 181 cm³/mol. The zero-order valence-electron chi connectivity index (χ0n) is 24.8. The third kappa shape index (κ3) is 3.64. The standard InChI is InChI=1S/C40H31N3O/c1-40(2)31-14-6-5-11-25(31)28-21-29-30(22-32(28)40)37(24-18-19-34(42-23-24)33-15-9-10-20-41-33)26-12-3-4-13-27(26)38(29)39-43-35-16-7-8-17-36(35)44-39/h3-4,6-10,12-19,21-23,41H,5,11,20H2,1-2H3. The van der Waals surface area contributed by atoms with Crippen molar-refractivity contribution in [1.82, 2.24) is 15.3 Å². The SMILES string of the molecule is CC1(C)C2=C(CCC=C2)c2cc3c(-c4nc5ccccc5o4)c4ccccc4c(-c4ccc(C5=CC=CCN5)nc4)c3cc21. The highest BCUT2D eigenvalue weighted by Crippen LogP contribution is 2.53. The highest BCUT2D eigenvalue weighted by atomic mass is 16.3. The van der Waals surface area contributed by atoms with Gasteiger partial charge >= 0.3 is 0 Å². The Hall–Kier alpha value is -5.22. The van der Waals surface area contributed by atoms with E-state index in [9.17, 15) is 0 Å². The molecule has 4 nitrogen and oxygen atoms in total. The Kier molecular flexibility index (Phi) is 5.40. The molecule has 0 spiro atoms. The van der Waals surface area contributed by atoms with Crippen molar-refractivity contribution in [1.29, 1.82) is 0 Å². The highest BCUT2D eigenvalue weighted by Gasteiger charge is 2.38. The average Bonchev–Trinajstić information content (AvgIpc) is 3.59. The summed E-state index contributed by atoms with van der Waals surface area (Å²) in [7, 11) is 0. The lowest BCUT2D eigenvalue weighted by atomic mass is 9.78. The van der Waals surface area contributed by atoms with Gasteiger partial charge in [0.15, 0.2) is 5.58 Å². The normalized spacial score (nSPS) is 16.8. The Labute approximate surface area is 256 Å². The minimum atomic E-state index is -0.0782. The fourth-order valence-electron chi connectivity index (χ4n) is 7.52. The Balaban J connectivity index is 1.38. The molecule has 2 aliphatic carbocycles. The second-order valence-corrected chi connectivity index (χ2v) is 12.5. The van der Waals surface area contributed by atoms with Crippen molar-refractivity contribution in [2.75, 3.05) is 6.54 Å². The summed E-state index contributed by atoms with van der Waals surface area (Å²) in [5.41, 5.74) is 12.6. The van der Waals surface area contributed by atoms with Gasteiger partial charge in [0.2, 0.25) is 5.89 Å². The molecule has 0 saturated carbocycles. The number of nitrogens with one attached hydrogen (secondary N) is 1. The van der Waals surface area contributed by atoms with E-state index in [4.69, 9.17) is 14.4 Å². The maximum Gasteiger partial charge on any atom is 0.228 e. The number of benzene rings is 4. The fourth-order valence-corrected chi connectivity index (χ4v) is 7.52. The molecule has 9 rings (SSSR count). The molecule has 0 fully saturated rings. The highest BCUT2D eigenvalue weighted by molar-refractivity contribution is 6.21. The van der Waals surface area contributed by atoms with Crippen LogP contribution >= 0.6 is 0 Å². The van der Waals surface area contributed by atoms with Gasteiger partial charge in [0.05, 0.1) is 17.0 Å². The molecule has 0 radical (unpaired) electrons. The molecule has 4 aromatic carbocycles. The minimum absolute atomic E-state index is 0.0782. The number of pyridine rings is 1. The molecule has 0 atom stereocenters. The van der Waals surface area contributed by atoms with E-state index in [0.717, 1.165) is 69.2 Å². The number of hydrogen-bond donors (Lipinski definition) is 1. The first kappa shape index (κ1) is 25.3. The van der Waals surface area contributed by atoms with Gasteiger partial charge < -0.3 is 9.73 Å². The van der Waals surface area contributed by atoms with E-state index < -0.39 is 0 Å². The van der Waals surface area contributed by atoms with Crippen LogP contribution in [0.5, 0.6) is 0 Å². The Morgan fingerprint density at radius 2 is 1.66 bits per heavy atom. The second-order valence-electron chi connectivity index (χ2n) is 12.5. The fraction of sp³-hybridized carbons (Fsp3) is 0.150. The summed E-state index contributed by atoms with van der Waals surface area (Å²) in [6.45, 7) is 5.55. The maximum absolute atomic E-state index is 6.50. The van der Waals surface area contributed by atoms with E-state index in [1.165, 1.54) is 33.2 Å². The van der Waals surface area contributed by atoms with Gasteiger partial charge in [-0.3, -0.25) is 4.98 Å². The molecule has 4 heteroatoms. The number of rotatable bonds is 3. The van der Waals surface area contributed by atoms with Crippen LogP contribution in [0.3, 0.4) is 0 Å². The molecule has 1 aliphatic heterocycles. The van der Waals surface area contributed by atoms with Crippen molar-refractivity contribution < 1.29 is 4.42 Å². The topological polar surface area (TPSA) is 51.0 Å². The van der Waals surface area contributed by atoms with Gasteiger partial charge in [-0.15, -0.1) is 0 Å². The van der Waals surface area contributed by atoms with Crippen molar-refractivity contribution in [3.63, 3.8) is 0 Å². The van der Waals surface area contributed by atoms with Crippen molar-refractivity contribution in [3.05, 3.63) is 132 Å². The number of dihydropyridines is 1. The van der Waals surface area contributed by atoms with Crippen LogP contribution in [0.2, 0.25) is 0 Å². The summed E-state index contributed by atoms with van der Waals surface area (Å²) in [5.74, 6) is 0.658. The van der Waals surface area contributed by atoms with Gasteiger partial charge in [0, 0.05) is 23.7 Å².